The van der Waals surface area contributed by atoms with Crippen molar-refractivity contribution < 1.29 is 0 Å². The Hall–Kier alpha value is 0.110. The number of benzene rings is 2. The summed E-state index contributed by atoms with van der Waals surface area (Å²) in [7, 11) is 0. The number of halogens is 4. The number of hydrogen-bond acceptors (Lipinski definition) is 3. The maximum absolute atomic E-state index is 3.75. The number of thioether (sulfide) groups is 1. The van der Waals surface area contributed by atoms with Crippen molar-refractivity contribution in [3.05, 3.63) is 87.3 Å². The van der Waals surface area contributed by atoms with Gasteiger partial charge in [0.1, 0.15) is 0 Å². The van der Waals surface area contributed by atoms with Crippen molar-refractivity contribution in [1.29, 1.82) is 0 Å². The molecule has 0 amide bonds. The van der Waals surface area contributed by atoms with Gasteiger partial charge in [-0.05, 0) is 99.8 Å². The van der Waals surface area contributed by atoms with E-state index in [1.54, 1.807) is 22.7 Å². The van der Waals surface area contributed by atoms with Gasteiger partial charge in [-0.3, -0.25) is 0 Å². The zero-order valence-electron chi connectivity index (χ0n) is 16.8. The first-order chi connectivity index (χ1) is 14.8. The molecule has 7 heteroatoms. The molecule has 0 nitrogen and oxygen atoms in total. The third-order valence-corrected chi connectivity index (χ3v) is 13.1. The minimum absolute atomic E-state index is 0.974. The van der Waals surface area contributed by atoms with Crippen molar-refractivity contribution >= 4 is 98.2 Å². The maximum atomic E-state index is 3.75. The number of aryl methyl sites for hydroxylation is 2. The van der Waals surface area contributed by atoms with Gasteiger partial charge in [0.2, 0.25) is 0 Å². The first-order valence-electron chi connectivity index (χ1n) is 9.47. The fourth-order valence-electron chi connectivity index (χ4n) is 3.41. The Morgan fingerprint density at radius 2 is 1.10 bits per heavy atom. The molecule has 0 aliphatic carbocycles. The van der Waals surface area contributed by atoms with E-state index in [1.807, 2.05) is 11.8 Å². The van der Waals surface area contributed by atoms with Crippen LogP contribution in [0.25, 0.3) is 20.9 Å². The second kappa shape index (κ2) is 10.6. The monoisotopic (exact) mass is 718 g/mol. The van der Waals surface area contributed by atoms with Crippen LogP contribution in [0.1, 0.15) is 22.3 Å². The predicted molar refractivity (Wildman–Crippen MR) is 155 cm³/mol. The summed E-state index contributed by atoms with van der Waals surface area (Å²) in [5, 5.41) is 4.29. The van der Waals surface area contributed by atoms with Crippen molar-refractivity contribution in [2.45, 2.75) is 25.4 Å². The lowest BCUT2D eigenvalue weighted by Crippen LogP contribution is -1.92. The van der Waals surface area contributed by atoms with Gasteiger partial charge in [-0.25, -0.2) is 0 Å². The lowest BCUT2D eigenvalue weighted by molar-refractivity contribution is 1.32. The zero-order chi connectivity index (χ0) is 22.1. The van der Waals surface area contributed by atoms with E-state index >= 15 is 0 Å². The minimum Gasteiger partial charge on any atom is -0.152 e. The molecule has 2 aromatic carbocycles. The van der Waals surface area contributed by atoms with Gasteiger partial charge in [0.25, 0.3) is 0 Å². The van der Waals surface area contributed by atoms with Crippen molar-refractivity contribution in [2.24, 2.45) is 0 Å². The molecule has 0 bridgehead atoms. The maximum Gasteiger partial charge on any atom is 0.0504 e. The second-order valence-corrected chi connectivity index (χ2v) is 13.3. The Labute approximate surface area is 229 Å². The lowest BCUT2D eigenvalue weighted by Gasteiger charge is -2.13. The van der Waals surface area contributed by atoms with Gasteiger partial charge in [-0.15, -0.1) is 22.7 Å². The Bertz CT molecular complexity index is 1140. The Morgan fingerprint density at radius 3 is 1.45 bits per heavy atom. The highest BCUT2D eigenvalue weighted by Gasteiger charge is 2.16. The van der Waals surface area contributed by atoms with Gasteiger partial charge < -0.3 is 0 Å². The molecule has 0 aliphatic heterocycles. The normalized spacial score (nSPS) is 11.3. The van der Waals surface area contributed by atoms with Crippen LogP contribution in [0, 0.1) is 13.8 Å². The Balaban J connectivity index is 1.60. The zero-order valence-corrected chi connectivity index (χ0v) is 25.6. The van der Waals surface area contributed by atoms with E-state index in [4.69, 9.17) is 0 Å². The molecular weight excluding hydrogens is 704 g/mol. The minimum atomic E-state index is 0.974. The standard InChI is InChI=1S/C24H18Br4S3/c1-13-3-5-17(23-21(27)19(25)11-30-23)15(7-13)9-29-10-16-8-14(2)4-6-18(16)24-22(28)20(26)12-31-24/h3-8,11-12H,9-10H2,1-2H3. The van der Waals surface area contributed by atoms with Crippen LogP contribution in [0.15, 0.2) is 65.0 Å². The summed E-state index contributed by atoms with van der Waals surface area (Å²) in [4.78, 5) is 2.57. The summed E-state index contributed by atoms with van der Waals surface area (Å²) in [6, 6.07) is 13.6. The molecular formula is C24H18Br4S3. The first-order valence-corrected chi connectivity index (χ1v) is 15.6. The van der Waals surface area contributed by atoms with Crippen LogP contribution in [0.2, 0.25) is 0 Å². The molecule has 2 aromatic heterocycles. The van der Waals surface area contributed by atoms with E-state index in [-0.39, 0.29) is 0 Å². The molecule has 0 radical (unpaired) electrons. The van der Waals surface area contributed by atoms with Gasteiger partial charge in [0.05, 0.1) is 8.95 Å². The van der Waals surface area contributed by atoms with Crippen LogP contribution < -0.4 is 0 Å². The SMILES string of the molecule is Cc1ccc(-c2scc(Br)c2Br)c(CSCc2cc(C)ccc2-c2scc(Br)c2Br)c1. The first kappa shape index (κ1) is 24.2. The number of thiophene rings is 2. The fourth-order valence-corrected chi connectivity index (χ4v) is 8.92. The average molecular weight is 722 g/mol. The molecule has 4 aromatic rings. The molecule has 0 spiro atoms. The third kappa shape index (κ3) is 5.44. The van der Waals surface area contributed by atoms with Gasteiger partial charge in [-0.2, -0.15) is 11.8 Å². The summed E-state index contributed by atoms with van der Waals surface area (Å²) in [5.74, 6) is 1.95. The van der Waals surface area contributed by atoms with Crippen LogP contribution in [0.4, 0.5) is 0 Å². The Morgan fingerprint density at radius 1 is 0.677 bits per heavy atom. The molecule has 0 fully saturated rings. The van der Waals surface area contributed by atoms with Crippen molar-refractivity contribution in [3.63, 3.8) is 0 Å². The predicted octanol–water partition coefficient (Wildman–Crippen LogP) is 11.2. The molecule has 0 saturated heterocycles. The molecule has 0 saturated carbocycles. The van der Waals surface area contributed by atoms with Gasteiger partial charge >= 0.3 is 0 Å². The summed E-state index contributed by atoms with van der Waals surface area (Å²) >= 11 is 20.3. The molecule has 0 unspecified atom stereocenters. The van der Waals surface area contributed by atoms with E-state index in [0.29, 0.717) is 0 Å². The van der Waals surface area contributed by atoms with E-state index in [1.165, 1.54) is 43.1 Å². The Kier molecular flexibility index (Phi) is 8.27. The second-order valence-electron chi connectivity index (χ2n) is 7.27. The quantitative estimate of drug-likeness (QED) is 0.191. The van der Waals surface area contributed by atoms with Crippen LogP contribution in [0.3, 0.4) is 0 Å². The van der Waals surface area contributed by atoms with E-state index in [2.05, 4.69) is 125 Å². The summed E-state index contributed by atoms with van der Waals surface area (Å²) in [6.45, 7) is 4.34. The van der Waals surface area contributed by atoms with Crippen LogP contribution in [0.5, 0.6) is 0 Å². The van der Waals surface area contributed by atoms with Gasteiger partial charge in [0.15, 0.2) is 0 Å². The van der Waals surface area contributed by atoms with Crippen LogP contribution in [-0.2, 0) is 11.5 Å². The van der Waals surface area contributed by atoms with Crippen molar-refractivity contribution in [1.82, 2.24) is 0 Å². The summed E-state index contributed by atoms with van der Waals surface area (Å²) < 4.78 is 4.51. The molecule has 2 heterocycles. The topological polar surface area (TPSA) is 0 Å². The lowest BCUT2D eigenvalue weighted by atomic mass is 10.0. The number of rotatable bonds is 6. The van der Waals surface area contributed by atoms with Crippen LogP contribution in [-0.4, -0.2) is 0 Å². The smallest absolute Gasteiger partial charge is 0.0504 e. The van der Waals surface area contributed by atoms with Gasteiger partial charge in [0, 0.05) is 41.0 Å². The average Bonchev–Trinajstić information content (AvgIpc) is 3.24. The molecule has 0 aliphatic rings. The molecule has 0 atom stereocenters. The van der Waals surface area contributed by atoms with Crippen molar-refractivity contribution in [3.8, 4) is 20.9 Å². The highest BCUT2D eigenvalue weighted by Crippen LogP contribution is 2.44. The largest absolute Gasteiger partial charge is 0.152 e. The summed E-state index contributed by atoms with van der Waals surface area (Å²) in [5.41, 5.74) is 8.00. The van der Waals surface area contributed by atoms with E-state index in [9.17, 15) is 0 Å². The number of hydrogen-bond donors (Lipinski definition) is 0. The highest BCUT2D eigenvalue weighted by molar-refractivity contribution is 9.13. The molecule has 31 heavy (non-hydrogen) atoms. The molecule has 4 rings (SSSR count). The third-order valence-electron chi connectivity index (χ3n) is 4.90. The highest BCUT2D eigenvalue weighted by atomic mass is 79.9. The van der Waals surface area contributed by atoms with Gasteiger partial charge in [-0.1, -0.05) is 47.5 Å². The molecule has 160 valence electrons. The van der Waals surface area contributed by atoms with E-state index in [0.717, 1.165) is 29.4 Å². The fraction of sp³-hybridized carbons (Fsp3) is 0.167. The summed E-state index contributed by atoms with van der Waals surface area (Å²) in [6.07, 6.45) is 0. The van der Waals surface area contributed by atoms with Crippen molar-refractivity contribution in [2.75, 3.05) is 0 Å². The molecule has 0 N–H and O–H groups in total. The van der Waals surface area contributed by atoms with E-state index < -0.39 is 0 Å². The van der Waals surface area contributed by atoms with Crippen LogP contribution >= 0.6 is 98.2 Å².